The summed E-state index contributed by atoms with van der Waals surface area (Å²) in [4.78, 5) is 4.64. The number of imidazole rings is 1. The molecule has 0 saturated heterocycles. The van der Waals surface area contributed by atoms with Crippen molar-refractivity contribution in [1.82, 2.24) is 9.55 Å². The van der Waals surface area contributed by atoms with Crippen molar-refractivity contribution in [3.8, 4) is 11.3 Å². The number of nitrogens with zero attached hydrogens (tertiary/aromatic N) is 2. The average molecular weight is 308 g/mol. The van der Waals surface area contributed by atoms with Crippen LogP contribution in [0, 0.1) is 5.82 Å². The van der Waals surface area contributed by atoms with Gasteiger partial charge in [-0.25, -0.2) is 9.37 Å². The molecule has 2 N–H and O–H groups in total. The van der Waals surface area contributed by atoms with Gasteiger partial charge in [-0.05, 0) is 31.0 Å². The van der Waals surface area contributed by atoms with Gasteiger partial charge in [0.25, 0.3) is 0 Å². The van der Waals surface area contributed by atoms with E-state index in [1.165, 1.54) is 31.4 Å². The topological polar surface area (TPSA) is 43.8 Å². The van der Waals surface area contributed by atoms with Gasteiger partial charge in [0.05, 0.1) is 0 Å². The summed E-state index contributed by atoms with van der Waals surface area (Å²) >= 11 is 5.97. The maximum absolute atomic E-state index is 14.1. The summed E-state index contributed by atoms with van der Waals surface area (Å²) in [5.41, 5.74) is 7.02. The van der Waals surface area contributed by atoms with Gasteiger partial charge in [-0.1, -0.05) is 30.9 Å². The van der Waals surface area contributed by atoms with Crippen molar-refractivity contribution in [2.75, 3.05) is 5.73 Å². The summed E-state index contributed by atoms with van der Waals surface area (Å²) in [5, 5.41) is 0.482. The van der Waals surface area contributed by atoms with E-state index in [1.807, 2.05) is 11.6 Å². The molecule has 0 unspecified atom stereocenters. The molecule has 0 bridgehead atoms. The van der Waals surface area contributed by atoms with Crippen molar-refractivity contribution in [3.05, 3.63) is 34.9 Å². The van der Waals surface area contributed by atoms with E-state index in [4.69, 9.17) is 17.3 Å². The van der Waals surface area contributed by atoms with Crippen LogP contribution in [0.25, 0.3) is 11.3 Å². The molecule has 5 heteroatoms. The van der Waals surface area contributed by atoms with Gasteiger partial charge in [0.1, 0.15) is 23.2 Å². The predicted molar refractivity (Wildman–Crippen MR) is 83.9 cm³/mol. The maximum atomic E-state index is 14.1. The largest absolute Gasteiger partial charge is 0.383 e. The first-order valence-electron chi connectivity index (χ1n) is 7.35. The van der Waals surface area contributed by atoms with E-state index in [0.29, 0.717) is 28.0 Å². The van der Waals surface area contributed by atoms with E-state index in [2.05, 4.69) is 4.98 Å². The number of anilines is 1. The van der Waals surface area contributed by atoms with Crippen LogP contribution in [0.5, 0.6) is 0 Å². The Balaban J connectivity index is 2.05. The molecule has 1 aliphatic carbocycles. The molecule has 1 aromatic carbocycles. The zero-order valence-electron chi connectivity index (χ0n) is 12.1. The quantitative estimate of drug-likeness (QED) is 0.887. The van der Waals surface area contributed by atoms with Gasteiger partial charge >= 0.3 is 0 Å². The van der Waals surface area contributed by atoms with Crippen LogP contribution in [0.15, 0.2) is 18.2 Å². The number of halogens is 2. The average Bonchev–Trinajstić information content (AvgIpc) is 2.79. The normalized spacial score (nSPS) is 16.3. The number of benzene rings is 1. The fraction of sp³-hybridized carbons (Fsp3) is 0.438. The molecule has 3 nitrogen and oxygen atoms in total. The van der Waals surface area contributed by atoms with Crippen molar-refractivity contribution in [2.45, 2.75) is 38.0 Å². The number of nitrogen functional groups attached to an aromatic ring is 1. The Labute approximate surface area is 128 Å². The van der Waals surface area contributed by atoms with Crippen molar-refractivity contribution >= 4 is 17.4 Å². The summed E-state index contributed by atoms with van der Waals surface area (Å²) in [6.07, 6.45) is 5.98. The van der Waals surface area contributed by atoms with E-state index in [1.54, 1.807) is 6.07 Å². The molecule has 1 aliphatic rings. The Kier molecular flexibility index (Phi) is 3.89. The molecular weight excluding hydrogens is 289 g/mol. The first kappa shape index (κ1) is 14.4. The van der Waals surface area contributed by atoms with Crippen molar-refractivity contribution in [3.63, 3.8) is 0 Å². The molecule has 0 spiro atoms. The van der Waals surface area contributed by atoms with Gasteiger partial charge in [-0.2, -0.15) is 0 Å². The second kappa shape index (κ2) is 5.68. The minimum atomic E-state index is -0.348. The standard InChI is InChI=1S/C16H19ClFN3/c1-21-15(19)14(12-9-11(17)7-8-13(12)18)20-16(21)10-5-3-2-4-6-10/h7-10H,2-6,19H2,1H3. The molecule has 3 rings (SSSR count). The molecular formula is C16H19ClFN3. The van der Waals surface area contributed by atoms with Gasteiger partial charge in [0.2, 0.25) is 0 Å². The summed E-state index contributed by atoms with van der Waals surface area (Å²) in [7, 11) is 1.90. The lowest BCUT2D eigenvalue weighted by Gasteiger charge is -2.21. The lowest BCUT2D eigenvalue weighted by atomic mass is 9.89. The summed E-state index contributed by atoms with van der Waals surface area (Å²) in [5.74, 6) is 1.53. The van der Waals surface area contributed by atoms with Crippen LogP contribution in [0.1, 0.15) is 43.8 Å². The third kappa shape index (κ3) is 2.64. The molecule has 1 aromatic heterocycles. The van der Waals surface area contributed by atoms with Crippen LogP contribution in [-0.2, 0) is 7.05 Å². The van der Waals surface area contributed by atoms with E-state index >= 15 is 0 Å². The Morgan fingerprint density at radius 2 is 2.00 bits per heavy atom. The van der Waals surface area contributed by atoms with Crippen LogP contribution >= 0.6 is 11.6 Å². The van der Waals surface area contributed by atoms with Crippen LogP contribution in [0.4, 0.5) is 10.2 Å². The smallest absolute Gasteiger partial charge is 0.132 e. The van der Waals surface area contributed by atoms with E-state index in [0.717, 1.165) is 18.7 Å². The Hall–Kier alpha value is -1.55. The number of nitrogens with two attached hydrogens (primary N) is 1. The van der Waals surface area contributed by atoms with Crippen molar-refractivity contribution in [1.29, 1.82) is 0 Å². The third-order valence-corrected chi connectivity index (χ3v) is 4.56. The first-order chi connectivity index (χ1) is 10.1. The van der Waals surface area contributed by atoms with E-state index in [9.17, 15) is 4.39 Å². The number of hydrogen-bond donors (Lipinski definition) is 1. The molecule has 1 saturated carbocycles. The minimum Gasteiger partial charge on any atom is -0.383 e. The molecule has 21 heavy (non-hydrogen) atoms. The second-order valence-corrected chi connectivity index (χ2v) is 6.16. The van der Waals surface area contributed by atoms with Gasteiger partial charge in [0, 0.05) is 23.6 Å². The highest BCUT2D eigenvalue weighted by Crippen LogP contribution is 2.36. The highest BCUT2D eigenvalue weighted by atomic mass is 35.5. The van der Waals surface area contributed by atoms with E-state index in [-0.39, 0.29) is 5.82 Å². The van der Waals surface area contributed by atoms with Crippen LogP contribution in [0.3, 0.4) is 0 Å². The number of aromatic nitrogens is 2. The van der Waals surface area contributed by atoms with Crippen LogP contribution in [0.2, 0.25) is 5.02 Å². The van der Waals surface area contributed by atoms with Gasteiger partial charge in [-0.15, -0.1) is 0 Å². The third-order valence-electron chi connectivity index (χ3n) is 4.33. The lowest BCUT2D eigenvalue weighted by Crippen LogP contribution is -2.11. The molecule has 1 fully saturated rings. The summed E-state index contributed by atoms with van der Waals surface area (Å²) in [6, 6.07) is 4.47. The Morgan fingerprint density at radius 1 is 1.29 bits per heavy atom. The molecule has 0 aliphatic heterocycles. The number of hydrogen-bond acceptors (Lipinski definition) is 2. The predicted octanol–water partition coefficient (Wildman–Crippen LogP) is 4.51. The van der Waals surface area contributed by atoms with Gasteiger partial charge in [-0.3, -0.25) is 0 Å². The van der Waals surface area contributed by atoms with Crippen LogP contribution in [-0.4, -0.2) is 9.55 Å². The fourth-order valence-corrected chi connectivity index (χ4v) is 3.30. The zero-order chi connectivity index (χ0) is 15.0. The maximum Gasteiger partial charge on any atom is 0.132 e. The zero-order valence-corrected chi connectivity index (χ0v) is 12.8. The molecule has 0 atom stereocenters. The van der Waals surface area contributed by atoms with Crippen molar-refractivity contribution in [2.24, 2.45) is 7.05 Å². The second-order valence-electron chi connectivity index (χ2n) is 5.72. The molecule has 0 radical (unpaired) electrons. The Bertz CT molecular complexity index is 660. The lowest BCUT2D eigenvalue weighted by molar-refractivity contribution is 0.422. The highest BCUT2D eigenvalue weighted by Gasteiger charge is 2.24. The van der Waals surface area contributed by atoms with Gasteiger partial charge < -0.3 is 10.3 Å². The molecule has 2 aromatic rings. The Morgan fingerprint density at radius 3 is 2.71 bits per heavy atom. The molecule has 112 valence electrons. The highest BCUT2D eigenvalue weighted by molar-refractivity contribution is 6.30. The summed E-state index contributed by atoms with van der Waals surface area (Å²) in [6.45, 7) is 0. The first-order valence-corrected chi connectivity index (χ1v) is 7.73. The SMILES string of the molecule is Cn1c(C2CCCCC2)nc(-c2cc(Cl)ccc2F)c1N. The van der Waals surface area contributed by atoms with E-state index < -0.39 is 0 Å². The number of rotatable bonds is 2. The van der Waals surface area contributed by atoms with Crippen LogP contribution < -0.4 is 5.73 Å². The summed E-state index contributed by atoms with van der Waals surface area (Å²) < 4.78 is 15.9. The molecule has 0 amide bonds. The molecule has 1 heterocycles. The van der Waals surface area contributed by atoms with Gasteiger partial charge in [0.15, 0.2) is 0 Å². The van der Waals surface area contributed by atoms with Crippen molar-refractivity contribution < 1.29 is 4.39 Å². The fourth-order valence-electron chi connectivity index (χ4n) is 3.13. The monoisotopic (exact) mass is 307 g/mol. The minimum absolute atomic E-state index is 0.348.